The maximum atomic E-state index is 11.9. The van der Waals surface area contributed by atoms with Crippen LogP contribution in [0.5, 0.6) is 0 Å². The first kappa shape index (κ1) is 16.8. The van der Waals surface area contributed by atoms with Crippen LogP contribution in [-0.2, 0) is 16.1 Å². The Morgan fingerprint density at radius 3 is 2.65 bits per heavy atom. The molecule has 5 nitrogen and oxygen atoms in total. The summed E-state index contributed by atoms with van der Waals surface area (Å²) in [5, 5.41) is 0. The van der Waals surface area contributed by atoms with E-state index in [1.54, 1.807) is 25.3 Å². The van der Waals surface area contributed by atoms with Gasteiger partial charge in [0.05, 0.1) is 6.26 Å². The number of ether oxygens (including phenoxy) is 1. The van der Waals surface area contributed by atoms with E-state index in [2.05, 4.69) is 17.0 Å². The number of likely N-dealkylation sites (N-methyl/N-ethyl adjacent to an activating group) is 1. The van der Waals surface area contributed by atoms with Gasteiger partial charge in [0, 0.05) is 24.9 Å². The molecule has 0 saturated heterocycles. The lowest BCUT2D eigenvalue weighted by atomic mass is 10.2. The van der Waals surface area contributed by atoms with Crippen molar-refractivity contribution in [3.63, 3.8) is 0 Å². The van der Waals surface area contributed by atoms with Crippen LogP contribution in [0.2, 0.25) is 0 Å². The molecular weight excluding hydrogens is 292 g/mol. The van der Waals surface area contributed by atoms with Crippen LogP contribution in [0.4, 0.5) is 0 Å². The molecule has 0 bridgehead atoms. The van der Waals surface area contributed by atoms with Crippen molar-refractivity contribution in [2.24, 2.45) is 5.73 Å². The molecule has 0 aliphatic heterocycles. The predicted molar refractivity (Wildman–Crippen MR) is 88.3 cm³/mol. The van der Waals surface area contributed by atoms with E-state index in [0.717, 1.165) is 6.54 Å². The summed E-state index contributed by atoms with van der Waals surface area (Å²) in [6.07, 6.45) is 2.35. The normalized spacial score (nSPS) is 13.1. The Morgan fingerprint density at radius 2 is 2.04 bits per heavy atom. The van der Waals surface area contributed by atoms with E-state index >= 15 is 0 Å². The molecule has 1 aromatic carbocycles. The van der Waals surface area contributed by atoms with Crippen molar-refractivity contribution in [3.8, 4) is 0 Å². The zero-order valence-electron chi connectivity index (χ0n) is 13.4. The highest BCUT2D eigenvalue weighted by Gasteiger charge is 2.20. The highest BCUT2D eigenvalue weighted by atomic mass is 16.6. The monoisotopic (exact) mass is 314 g/mol. The number of hydrogen-bond donors (Lipinski definition) is 1. The zero-order chi connectivity index (χ0) is 16.7. The molecule has 1 aromatic heterocycles. The molecule has 0 aliphatic carbocycles. The summed E-state index contributed by atoms with van der Waals surface area (Å²) in [5.74, 6) is 0.140. The summed E-state index contributed by atoms with van der Waals surface area (Å²) in [6, 6.07) is 13.7. The molecule has 2 N–H and O–H groups in total. The van der Waals surface area contributed by atoms with E-state index in [9.17, 15) is 4.79 Å². The molecule has 0 fully saturated rings. The average molecular weight is 314 g/mol. The second kappa shape index (κ2) is 8.19. The highest BCUT2D eigenvalue weighted by Crippen LogP contribution is 2.20. The molecular formula is C18H22N2O3. The van der Waals surface area contributed by atoms with Crippen molar-refractivity contribution in [3.05, 3.63) is 71.8 Å². The molecule has 0 saturated carbocycles. The lowest BCUT2D eigenvalue weighted by Crippen LogP contribution is -2.27. The standard InChI is InChI=1S/C18H22N2O3/c1-14(19)11-18(21)23-17(16-9-6-10-22-16)13-20(2)12-15-7-4-3-5-8-15/h3-11,17H,12-13,19H2,1-2H3/b14-11-. The van der Waals surface area contributed by atoms with Crippen molar-refractivity contribution in [1.82, 2.24) is 4.90 Å². The van der Waals surface area contributed by atoms with E-state index in [0.29, 0.717) is 18.0 Å². The van der Waals surface area contributed by atoms with Gasteiger partial charge in [-0.2, -0.15) is 0 Å². The smallest absolute Gasteiger partial charge is 0.333 e. The van der Waals surface area contributed by atoms with Crippen LogP contribution in [0.15, 0.2) is 64.9 Å². The van der Waals surface area contributed by atoms with Crippen molar-refractivity contribution < 1.29 is 13.9 Å². The Morgan fingerprint density at radius 1 is 1.30 bits per heavy atom. The number of esters is 1. The summed E-state index contributed by atoms with van der Waals surface area (Å²) in [6.45, 7) is 2.91. The highest BCUT2D eigenvalue weighted by molar-refractivity contribution is 5.82. The summed E-state index contributed by atoms with van der Waals surface area (Å²) in [4.78, 5) is 13.9. The SMILES string of the molecule is C/C(N)=C/C(=O)OC(CN(C)Cc1ccccc1)c1ccco1. The van der Waals surface area contributed by atoms with E-state index < -0.39 is 12.1 Å². The van der Waals surface area contributed by atoms with Crippen LogP contribution in [0, 0.1) is 0 Å². The lowest BCUT2D eigenvalue weighted by Gasteiger charge is -2.22. The Hall–Kier alpha value is -2.53. The number of allylic oxidation sites excluding steroid dienone is 1. The topological polar surface area (TPSA) is 68.7 Å². The van der Waals surface area contributed by atoms with Gasteiger partial charge in [0.2, 0.25) is 0 Å². The number of carbonyl (C=O) groups is 1. The maximum Gasteiger partial charge on any atom is 0.333 e. The molecule has 2 aromatic rings. The van der Waals surface area contributed by atoms with E-state index in [4.69, 9.17) is 14.9 Å². The number of hydrogen-bond acceptors (Lipinski definition) is 5. The third-order valence-electron chi connectivity index (χ3n) is 3.24. The van der Waals surface area contributed by atoms with Crippen LogP contribution in [-0.4, -0.2) is 24.5 Å². The molecule has 0 aliphatic rings. The van der Waals surface area contributed by atoms with Crippen LogP contribution >= 0.6 is 0 Å². The third-order valence-corrected chi connectivity index (χ3v) is 3.24. The van der Waals surface area contributed by atoms with Gasteiger partial charge in [-0.3, -0.25) is 4.90 Å². The first-order valence-corrected chi connectivity index (χ1v) is 7.45. The molecule has 23 heavy (non-hydrogen) atoms. The lowest BCUT2D eigenvalue weighted by molar-refractivity contribution is -0.145. The molecule has 1 atom stereocenters. The fraction of sp³-hybridized carbons (Fsp3) is 0.278. The third kappa shape index (κ3) is 5.64. The minimum Gasteiger partial charge on any atom is -0.465 e. The predicted octanol–water partition coefficient (Wildman–Crippen LogP) is 2.86. The van der Waals surface area contributed by atoms with E-state index in [1.807, 2.05) is 25.2 Å². The molecule has 122 valence electrons. The summed E-state index contributed by atoms with van der Waals surface area (Å²) >= 11 is 0. The summed E-state index contributed by atoms with van der Waals surface area (Å²) in [7, 11) is 1.97. The zero-order valence-corrected chi connectivity index (χ0v) is 13.4. The van der Waals surface area contributed by atoms with Crippen molar-refractivity contribution >= 4 is 5.97 Å². The first-order chi connectivity index (χ1) is 11.0. The average Bonchev–Trinajstić information content (AvgIpc) is 3.00. The number of rotatable bonds is 7. The molecule has 2 rings (SSSR count). The van der Waals surface area contributed by atoms with Gasteiger partial charge in [-0.15, -0.1) is 0 Å². The molecule has 0 spiro atoms. The minimum absolute atomic E-state index is 0.408. The molecule has 5 heteroatoms. The molecule has 0 radical (unpaired) electrons. The number of furan rings is 1. The van der Waals surface area contributed by atoms with Crippen molar-refractivity contribution in [2.75, 3.05) is 13.6 Å². The second-order valence-corrected chi connectivity index (χ2v) is 5.51. The fourth-order valence-corrected chi connectivity index (χ4v) is 2.26. The van der Waals surface area contributed by atoms with Gasteiger partial charge >= 0.3 is 5.97 Å². The Balaban J connectivity index is 2.03. The van der Waals surface area contributed by atoms with Gasteiger partial charge in [0.15, 0.2) is 6.10 Å². The van der Waals surface area contributed by atoms with Gasteiger partial charge < -0.3 is 14.9 Å². The van der Waals surface area contributed by atoms with Gasteiger partial charge in [0.25, 0.3) is 0 Å². The minimum atomic E-state index is -0.484. The Kier molecular flexibility index (Phi) is 6.00. The second-order valence-electron chi connectivity index (χ2n) is 5.51. The fourth-order valence-electron chi connectivity index (χ4n) is 2.26. The van der Waals surface area contributed by atoms with E-state index in [-0.39, 0.29) is 0 Å². The van der Waals surface area contributed by atoms with E-state index in [1.165, 1.54) is 11.6 Å². The number of nitrogens with zero attached hydrogens (tertiary/aromatic N) is 1. The van der Waals surface area contributed by atoms with Crippen molar-refractivity contribution in [1.29, 1.82) is 0 Å². The van der Waals surface area contributed by atoms with Crippen LogP contribution in [0.25, 0.3) is 0 Å². The number of benzene rings is 1. The van der Waals surface area contributed by atoms with Gasteiger partial charge in [-0.05, 0) is 31.7 Å². The number of carbonyl (C=O) groups excluding carboxylic acids is 1. The van der Waals surface area contributed by atoms with Crippen LogP contribution in [0.3, 0.4) is 0 Å². The summed E-state index contributed by atoms with van der Waals surface area (Å²) in [5.41, 5.74) is 7.12. The Labute approximate surface area is 136 Å². The van der Waals surface area contributed by atoms with Crippen molar-refractivity contribution in [2.45, 2.75) is 19.6 Å². The molecule has 1 unspecified atom stereocenters. The first-order valence-electron chi connectivity index (χ1n) is 7.45. The van der Waals surface area contributed by atoms with Crippen LogP contribution < -0.4 is 5.73 Å². The van der Waals surface area contributed by atoms with Gasteiger partial charge in [-0.1, -0.05) is 30.3 Å². The summed E-state index contributed by atoms with van der Waals surface area (Å²) < 4.78 is 10.9. The largest absolute Gasteiger partial charge is 0.465 e. The quantitative estimate of drug-likeness (QED) is 0.628. The van der Waals surface area contributed by atoms with Gasteiger partial charge in [0.1, 0.15) is 5.76 Å². The maximum absolute atomic E-state index is 11.9. The molecule has 0 amide bonds. The number of nitrogens with two attached hydrogens (primary N) is 1. The Bertz CT molecular complexity index is 632. The van der Waals surface area contributed by atoms with Gasteiger partial charge in [-0.25, -0.2) is 4.79 Å². The molecule has 1 heterocycles. The van der Waals surface area contributed by atoms with Crippen LogP contribution in [0.1, 0.15) is 24.4 Å².